The Balaban J connectivity index is 1.87. The molecule has 0 atom stereocenters. The fourth-order valence-electron chi connectivity index (χ4n) is 2.58. The second-order valence-electron chi connectivity index (χ2n) is 5.36. The fourth-order valence-corrected chi connectivity index (χ4v) is 2.58. The van der Waals surface area contributed by atoms with E-state index in [1.165, 1.54) is 0 Å². The maximum Gasteiger partial charge on any atom is 0.274 e. The zero-order chi connectivity index (χ0) is 15.5. The Labute approximate surface area is 129 Å². The number of carbonyl (C=O) groups is 1. The molecule has 116 valence electrons. The van der Waals surface area contributed by atoms with Crippen LogP contribution in [0.15, 0.2) is 30.5 Å². The minimum Gasteiger partial charge on any atom is -0.494 e. The van der Waals surface area contributed by atoms with E-state index in [1.807, 2.05) is 30.0 Å². The average molecular weight is 300 g/mol. The van der Waals surface area contributed by atoms with E-state index in [9.17, 15) is 4.79 Å². The number of aromatic nitrogens is 2. The van der Waals surface area contributed by atoms with Gasteiger partial charge in [0.25, 0.3) is 5.91 Å². The Morgan fingerprint density at radius 2 is 2.05 bits per heavy atom. The first-order chi connectivity index (χ1) is 10.7. The van der Waals surface area contributed by atoms with Gasteiger partial charge in [-0.15, -0.1) is 0 Å². The molecule has 1 amide bonds. The Morgan fingerprint density at radius 3 is 2.77 bits per heavy atom. The highest BCUT2D eigenvalue weighted by atomic mass is 16.5. The number of benzene rings is 1. The second-order valence-corrected chi connectivity index (χ2v) is 5.36. The molecule has 6 heteroatoms. The normalized spacial score (nSPS) is 14.9. The quantitative estimate of drug-likeness (QED) is 0.926. The number of carbonyl (C=O) groups excluding carboxylic acids is 1. The number of nitrogens with one attached hydrogen (secondary N) is 1. The van der Waals surface area contributed by atoms with Crippen molar-refractivity contribution in [3.63, 3.8) is 0 Å². The number of methoxy groups -OCH3 is 1. The van der Waals surface area contributed by atoms with Gasteiger partial charge < -0.3 is 15.0 Å². The summed E-state index contributed by atoms with van der Waals surface area (Å²) >= 11 is 0. The van der Waals surface area contributed by atoms with Gasteiger partial charge in [-0.05, 0) is 30.7 Å². The average Bonchev–Trinajstić information content (AvgIpc) is 3.04. The number of ether oxygens (including phenoxy) is 1. The van der Waals surface area contributed by atoms with Gasteiger partial charge in [0.05, 0.1) is 7.11 Å². The van der Waals surface area contributed by atoms with Gasteiger partial charge in [-0.3, -0.25) is 4.79 Å². The molecule has 0 bridgehead atoms. The van der Waals surface area contributed by atoms with Gasteiger partial charge in [0.15, 0.2) is 5.69 Å². The van der Waals surface area contributed by atoms with Crippen LogP contribution >= 0.6 is 0 Å². The van der Waals surface area contributed by atoms with Gasteiger partial charge in [0.2, 0.25) is 0 Å². The Bertz CT molecular complexity index is 675. The van der Waals surface area contributed by atoms with Crippen molar-refractivity contribution in [3.8, 4) is 11.4 Å². The van der Waals surface area contributed by atoms with Crippen LogP contribution in [-0.2, 0) is 0 Å². The molecule has 2 aromatic rings. The number of hydrogen-bond donors (Lipinski definition) is 1. The summed E-state index contributed by atoms with van der Waals surface area (Å²) in [5, 5.41) is 7.67. The molecule has 2 heterocycles. The Kier molecular flexibility index (Phi) is 4.11. The van der Waals surface area contributed by atoms with Crippen LogP contribution in [0.3, 0.4) is 0 Å². The molecule has 0 saturated carbocycles. The lowest BCUT2D eigenvalue weighted by Gasteiger charge is -2.26. The first-order valence-electron chi connectivity index (χ1n) is 7.40. The molecule has 1 aromatic carbocycles. The van der Waals surface area contributed by atoms with Crippen molar-refractivity contribution in [1.82, 2.24) is 20.0 Å². The third-order valence-corrected chi connectivity index (χ3v) is 3.79. The summed E-state index contributed by atoms with van der Waals surface area (Å²) in [6.45, 7) is 5.12. The predicted octanol–water partition coefficient (Wildman–Crippen LogP) is 1.23. The fraction of sp³-hybridized carbons (Fsp3) is 0.375. The monoisotopic (exact) mass is 300 g/mol. The highest BCUT2D eigenvalue weighted by molar-refractivity contribution is 5.92. The van der Waals surface area contributed by atoms with Gasteiger partial charge in [-0.25, -0.2) is 4.68 Å². The van der Waals surface area contributed by atoms with Crippen LogP contribution in [0.4, 0.5) is 0 Å². The first-order valence-corrected chi connectivity index (χ1v) is 7.40. The van der Waals surface area contributed by atoms with Crippen molar-refractivity contribution in [2.24, 2.45) is 0 Å². The SMILES string of the molecule is COc1ccc(C)cc1-n1ccc(C(=O)N2CCNCC2)n1. The topological polar surface area (TPSA) is 59.4 Å². The van der Waals surface area contributed by atoms with E-state index >= 15 is 0 Å². The van der Waals surface area contributed by atoms with E-state index in [1.54, 1.807) is 24.1 Å². The summed E-state index contributed by atoms with van der Waals surface area (Å²) in [6, 6.07) is 7.64. The third kappa shape index (κ3) is 2.82. The van der Waals surface area contributed by atoms with Crippen molar-refractivity contribution < 1.29 is 9.53 Å². The molecule has 22 heavy (non-hydrogen) atoms. The van der Waals surface area contributed by atoms with Crippen LogP contribution < -0.4 is 10.1 Å². The van der Waals surface area contributed by atoms with Crippen LogP contribution in [-0.4, -0.2) is 53.9 Å². The van der Waals surface area contributed by atoms with E-state index in [2.05, 4.69) is 10.4 Å². The van der Waals surface area contributed by atoms with Crippen molar-refractivity contribution in [2.45, 2.75) is 6.92 Å². The smallest absolute Gasteiger partial charge is 0.274 e. The third-order valence-electron chi connectivity index (χ3n) is 3.79. The van der Waals surface area contributed by atoms with Gasteiger partial charge in [0, 0.05) is 32.4 Å². The first kappa shape index (κ1) is 14.6. The van der Waals surface area contributed by atoms with E-state index in [0.717, 1.165) is 43.2 Å². The molecular weight excluding hydrogens is 280 g/mol. The van der Waals surface area contributed by atoms with E-state index < -0.39 is 0 Å². The van der Waals surface area contributed by atoms with Crippen molar-refractivity contribution in [1.29, 1.82) is 0 Å². The maximum absolute atomic E-state index is 12.5. The van der Waals surface area contributed by atoms with Crippen LogP contribution in [0.2, 0.25) is 0 Å². The standard InChI is InChI=1S/C16H20N4O2/c1-12-3-4-15(22-2)14(11-12)20-8-5-13(18-20)16(21)19-9-6-17-7-10-19/h3-5,8,11,17H,6-7,9-10H2,1-2H3. The summed E-state index contributed by atoms with van der Waals surface area (Å²) in [5.41, 5.74) is 2.41. The Morgan fingerprint density at radius 1 is 1.27 bits per heavy atom. The number of aryl methyl sites for hydroxylation is 1. The van der Waals surface area contributed by atoms with Crippen LogP contribution in [0.25, 0.3) is 5.69 Å². The van der Waals surface area contributed by atoms with Gasteiger partial charge in [-0.2, -0.15) is 5.10 Å². The summed E-state index contributed by atoms with van der Waals surface area (Å²) in [6.07, 6.45) is 1.80. The highest BCUT2D eigenvalue weighted by Crippen LogP contribution is 2.23. The minimum atomic E-state index is -0.0214. The molecule has 1 aromatic heterocycles. The summed E-state index contributed by atoms with van der Waals surface area (Å²) in [4.78, 5) is 14.3. The van der Waals surface area contributed by atoms with Crippen molar-refractivity contribution in [3.05, 3.63) is 41.7 Å². The molecule has 1 N–H and O–H groups in total. The number of nitrogens with zero attached hydrogens (tertiary/aromatic N) is 3. The molecule has 6 nitrogen and oxygen atoms in total. The lowest BCUT2D eigenvalue weighted by Crippen LogP contribution is -2.46. The molecule has 0 aliphatic carbocycles. The van der Waals surface area contributed by atoms with E-state index in [-0.39, 0.29) is 5.91 Å². The van der Waals surface area contributed by atoms with Gasteiger partial charge in [-0.1, -0.05) is 6.07 Å². The highest BCUT2D eigenvalue weighted by Gasteiger charge is 2.20. The van der Waals surface area contributed by atoms with Crippen molar-refractivity contribution >= 4 is 5.91 Å². The van der Waals surface area contributed by atoms with Crippen LogP contribution in [0.5, 0.6) is 5.75 Å². The molecule has 3 rings (SSSR count). The lowest BCUT2D eigenvalue weighted by atomic mass is 10.2. The molecule has 1 aliphatic rings. The van der Waals surface area contributed by atoms with Crippen LogP contribution in [0.1, 0.15) is 16.1 Å². The molecule has 1 saturated heterocycles. The number of hydrogen-bond acceptors (Lipinski definition) is 4. The molecule has 1 aliphatic heterocycles. The summed E-state index contributed by atoms with van der Waals surface area (Å²) in [7, 11) is 1.63. The van der Waals surface area contributed by atoms with Gasteiger partial charge in [0.1, 0.15) is 11.4 Å². The molecular formula is C16H20N4O2. The maximum atomic E-state index is 12.5. The molecule has 1 fully saturated rings. The summed E-state index contributed by atoms with van der Waals surface area (Å²) < 4.78 is 7.07. The second kappa shape index (κ2) is 6.19. The minimum absolute atomic E-state index is 0.0214. The largest absolute Gasteiger partial charge is 0.494 e. The van der Waals surface area contributed by atoms with E-state index in [4.69, 9.17) is 4.74 Å². The number of amides is 1. The van der Waals surface area contributed by atoms with Crippen LogP contribution in [0, 0.1) is 6.92 Å². The number of piperazine rings is 1. The molecule has 0 unspecified atom stereocenters. The molecule has 0 spiro atoms. The zero-order valence-corrected chi connectivity index (χ0v) is 12.9. The molecule has 0 radical (unpaired) electrons. The summed E-state index contributed by atoms with van der Waals surface area (Å²) in [5.74, 6) is 0.710. The Hall–Kier alpha value is -2.34. The predicted molar refractivity (Wildman–Crippen MR) is 83.6 cm³/mol. The number of rotatable bonds is 3. The lowest BCUT2D eigenvalue weighted by molar-refractivity contribution is 0.0729. The van der Waals surface area contributed by atoms with E-state index in [0.29, 0.717) is 5.69 Å². The van der Waals surface area contributed by atoms with Gasteiger partial charge >= 0.3 is 0 Å². The van der Waals surface area contributed by atoms with Crippen molar-refractivity contribution in [2.75, 3.05) is 33.3 Å². The zero-order valence-electron chi connectivity index (χ0n) is 12.9.